The molecule has 1 N–H and O–H groups in total. The highest BCUT2D eigenvalue weighted by Gasteiger charge is 2.27. The molecule has 0 bridgehead atoms. The maximum absolute atomic E-state index is 12.4. The molecule has 0 aliphatic carbocycles. The van der Waals surface area contributed by atoms with Gasteiger partial charge in [0.1, 0.15) is 12.4 Å². The third kappa shape index (κ3) is 3.42. The zero-order valence-electron chi connectivity index (χ0n) is 12.3. The molecule has 6 heteroatoms. The van der Waals surface area contributed by atoms with Gasteiger partial charge >= 0.3 is 0 Å². The largest absolute Gasteiger partial charge is 0.492 e. The third-order valence-electron chi connectivity index (χ3n) is 3.71. The maximum atomic E-state index is 12.4. The molecule has 1 aliphatic heterocycles. The molecule has 2 heterocycles. The lowest BCUT2D eigenvalue weighted by Gasteiger charge is -2.26. The molecule has 0 radical (unpaired) electrons. The zero-order valence-corrected chi connectivity index (χ0v) is 13.1. The van der Waals surface area contributed by atoms with Crippen molar-refractivity contribution in [1.29, 1.82) is 0 Å². The Morgan fingerprint density at radius 1 is 1.59 bits per heavy atom. The van der Waals surface area contributed by atoms with E-state index in [1.165, 1.54) is 0 Å². The number of benzene rings is 1. The van der Waals surface area contributed by atoms with Gasteiger partial charge in [-0.3, -0.25) is 9.48 Å². The van der Waals surface area contributed by atoms with Gasteiger partial charge in [0, 0.05) is 23.5 Å². The summed E-state index contributed by atoms with van der Waals surface area (Å²) in [5.74, 6) is 0.634. The fraction of sp³-hybridized carbons (Fsp3) is 0.375. The highest BCUT2D eigenvalue weighted by Crippen LogP contribution is 2.29. The fourth-order valence-corrected chi connectivity index (χ4v) is 2.82. The normalized spacial score (nSPS) is 18.2. The molecule has 0 spiro atoms. The van der Waals surface area contributed by atoms with Gasteiger partial charge in [-0.15, -0.1) is 0 Å². The first kappa shape index (κ1) is 14.9. The van der Waals surface area contributed by atoms with Crippen molar-refractivity contribution in [2.75, 3.05) is 6.61 Å². The lowest BCUT2D eigenvalue weighted by molar-refractivity contribution is -0.127. The van der Waals surface area contributed by atoms with Gasteiger partial charge < -0.3 is 10.1 Å². The van der Waals surface area contributed by atoms with E-state index in [1.807, 2.05) is 31.3 Å². The summed E-state index contributed by atoms with van der Waals surface area (Å²) in [6, 6.07) is 7.39. The second kappa shape index (κ2) is 6.40. The van der Waals surface area contributed by atoms with Crippen LogP contribution >= 0.6 is 11.6 Å². The molecule has 0 fully saturated rings. The monoisotopic (exact) mass is 319 g/mol. The molecule has 1 aromatic heterocycles. The Hall–Kier alpha value is -2.01. The number of carbonyl (C=O) groups excluding carboxylic acids is 1. The molecule has 2 aromatic rings. The minimum Gasteiger partial charge on any atom is -0.492 e. The number of ether oxygens (including phenoxy) is 1. The molecule has 116 valence electrons. The summed E-state index contributed by atoms with van der Waals surface area (Å²) in [4.78, 5) is 12.4. The number of hydrogen-bond acceptors (Lipinski definition) is 3. The zero-order chi connectivity index (χ0) is 15.5. The van der Waals surface area contributed by atoms with Crippen molar-refractivity contribution in [2.24, 2.45) is 5.92 Å². The highest BCUT2D eigenvalue weighted by molar-refractivity contribution is 6.30. The Morgan fingerprint density at radius 2 is 2.45 bits per heavy atom. The summed E-state index contributed by atoms with van der Waals surface area (Å²) in [5.41, 5.74) is 0.985. The number of nitrogens with zero attached hydrogens (tertiary/aromatic N) is 2. The van der Waals surface area contributed by atoms with Crippen LogP contribution in [-0.4, -0.2) is 28.3 Å². The summed E-state index contributed by atoms with van der Waals surface area (Å²) in [5, 5.41) is 7.82. The van der Waals surface area contributed by atoms with Crippen LogP contribution in [-0.2, 0) is 17.8 Å². The summed E-state index contributed by atoms with van der Waals surface area (Å²) >= 11 is 6.00. The molecule has 1 aromatic carbocycles. The van der Waals surface area contributed by atoms with Crippen LogP contribution in [0.15, 0.2) is 36.7 Å². The van der Waals surface area contributed by atoms with Gasteiger partial charge in [-0.2, -0.15) is 5.10 Å². The van der Waals surface area contributed by atoms with Crippen LogP contribution in [0.1, 0.15) is 12.5 Å². The highest BCUT2D eigenvalue weighted by atomic mass is 35.5. The predicted molar refractivity (Wildman–Crippen MR) is 84.0 cm³/mol. The number of nitrogens with one attached hydrogen (secondary N) is 1. The molecule has 0 saturated heterocycles. The molecule has 1 amide bonds. The second-order valence-corrected chi connectivity index (χ2v) is 6.04. The van der Waals surface area contributed by atoms with Crippen molar-refractivity contribution in [3.8, 4) is 5.75 Å². The van der Waals surface area contributed by atoms with E-state index in [9.17, 15) is 4.79 Å². The number of halogens is 1. The van der Waals surface area contributed by atoms with Crippen molar-refractivity contribution in [1.82, 2.24) is 15.1 Å². The maximum Gasteiger partial charge on any atom is 0.227 e. The molecule has 0 saturated carbocycles. The number of fused-ring (bicyclic) bond motifs is 1. The van der Waals surface area contributed by atoms with Crippen LogP contribution in [0.25, 0.3) is 0 Å². The SMILES string of the molecule is C[C@@H](Cn1cccn1)NC(=O)[C@@H]1COc2ccc(Cl)cc2C1. The Bertz CT molecular complexity index is 657. The molecule has 1 aliphatic rings. The predicted octanol–water partition coefficient (Wildman–Crippen LogP) is 2.29. The molecule has 3 rings (SSSR count). The van der Waals surface area contributed by atoms with E-state index >= 15 is 0 Å². The number of aromatic nitrogens is 2. The van der Waals surface area contributed by atoms with Crippen molar-refractivity contribution < 1.29 is 9.53 Å². The van der Waals surface area contributed by atoms with Gasteiger partial charge in [-0.25, -0.2) is 0 Å². The van der Waals surface area contributed by atoms with Crippen molar-refractivity contribution in [3.05, 3.63) is 47.2 Å². The lowest BCUT2D eigenvalue weighted by Crippen LogP contribution is -2.43. The smallest absolute Gasteiger partial charge is 0.227 e. The minimum atomic E-state index is -0.189. The van der Waals surface area contributed by atoms with Gasteiger partial charge in [0.25, 0.3) is 0 Å². The van der Waals surface area contributed by atoms with Gasteiger partial charge in [-0.05, 0) is 43.2 Å². The Balaban J connectivity index is 1.59. The lowest BCUT2D eigenvalue weighted by atomic mass is 9.96. The summed E-state index contributed by atoms with van der Waals surface area (Å²) in [7, 11) is 0. The average molecular weight is 320 g/mol. The van der Waals surface area contributed by atoms with Crippen LogP contribution in [0.4, 0.5) is 0 Å². The summed E-state index contributed by atoms with van der Waals surface area (Å²) in [6.07, 6.45) is 4.25. The van der Waals surface area contributed by atoms with Crippen molar-refractivity contribution in [2.45, 2.75) is 25.9 Å². The van der Waals surface area contributed by atoms with Crippen LogP contribution in [0.2, 0.25) is 5.02 Å². The van der Waals surface area contributed by atoms with E-state index < -0.39 is 0 Å². The van der Waals surface area contributed by atoms with E-state index in [-0.39, 0.29) is 17.9 Å². The average Bonchev–Trinajstić information content (AvgIpc) is 2.99. The number of rotatable bonds is 4. The van der Waals surface area contributed by atoms with E-state index in [0.29, 0.717) is 24.6 Å². The van der Waals surface area contributed by atoms with E-state index in [1.54, 1.807) is 16.9 Å². The molecule has 22 heavy (non-hydrogen) atoms. The molecular formula is C16H18ClN3O2. The minimum absolute atomic E-state index is 0.00489. The number of carbonyl (C=O) groups is 1. The molecule has 0 unspecified atom stereocenters. The van der Waals surface area contributed by atoms with Gasteiger partial charge in [0.05, 0.1) is 12.5 Å². The first-order valence-electron chi connectivity index (χ1n) is 7.31. The topological polar surface area (TPSA) is 56.2 Å². The van der Waals surface area contributed by atoms with Crippen LogP contribution < -0.4 is 10.1 Å². The molecule has 5 nitrogen and oxygen atoms in total. The first-order valence-corrected chi connectivity index (χ1v) is 7.68. The Labute approximate surface area is 134 Å². The first-order chi connectivity index (χ1) is 10.6. The Kier molecular flexibility index (Phi) is 4.34. The Morgan fingerprint density at radius 3 is 3.23 bits per heavy atom. The quantitative estimate of drug-likeness (QED) is 0.940. The van der Waals surface area contributed by atoms with Crippen LogP contribution in [0.5, 0.6) is 5.75 Å². The number of amides is 1. The van der Waals surface area contributed by atoms with Crippen molar-refractivity contribution in [3.63, 3.8) is 0 Å². The van der Waals surface area contributed by atoms with Gasteiger partial charge in [-0.1, -0.05) is 11.6 Å². The molecular weight excluding hydrogens is 302 g/mol. The summed E-state index contributed by atoms with van der Waals surface area (Å²) in [6.45, 7) is 3.01. The van der Waals surface area contributed by atoms with E-state index in [0.717, 1.165) is 11.3 Å². The van der Waals surface area contributed by atoms with Crippen LogP contribution in [0.3, 0.4) is 0 Å². The van der Waals surface area contributed by atoms with Gasteiger partial charge in [0.2, 0.25) is 5.91 Å². The molecule has 2 atom stereocenters. The number of hydrogen-bond donors (Lipinski definition) is 1. The second-order valence-electron chi connectivity index (χ2n) is 5.60. The van der Waals surface area contributed by atoms with Crippen LogP contribution in [0, 0.1) is 5.92 Å². The standard InChI is InChI=1S/C16H18ClN3O2/c1-11(9-20-6-2-5-18-20)19-16(21)13-7-12-8-14(17)3-4-15(12)22-10-13/h2-6,8,11,13H,7,9-10H2,1H3,(H,19,21)/t11-,13-/m0/s1. The van der Waals surface area contributed by atoms with E-state index in [4.69, 9.17) is 16.3 Å². The third-order valence-corrected chi connectivity index (χ3v) is 3.94. The van der Waals surface area contributed by atoms with E-state index in [2.05, 4.69) is 10.4 Å². The summed E-state index contributed by atoms with van der Waals surface area (Å²) < 4.78 is 7.47. The van der Waals surface area contributed by atoms with Gasteiger partial charge in [0.15, 0.2) is 0 Å². The fourth-order valence-electron chi connectivity index (χ4n) is 2.63. The van der Waals surface area contributed by atoms with Crippen molar-refractivity contribution >= 4 is 17.5 Å².